The fourth-order valence-corrected chi connectivity index (χ4v) is 5.05. The van der Waals surface area contributed by atoms with Gasteiger partial charge in [0, 0.05) is 30.9 Å². The smallest absolute Gasteiger partial charge is 0.246 e. The van der Waals surface area contributed by atoms with Crippen molar-refractivity contribution in [2.24, 2.45) is 5.92 Å². The van der Waals surface area contributed by atoms with Crippen LogP contribution in [0.3, 0.4) is 0 Å². The normalized spacial score (nSPS) is 15.8. The predicted octanol–water partition coefficient (Wildman–Crippen LogP) is 3.30. The second-order valence-corrected chi connectivity index (χ2v) is 8.94. The number of nitriles is 1. The van der Waals surface area contributed by atoms with Gasteiger partial charge < -0.3 is 5.32 Å². The van der Waals surface area contributed by atoms with Gasteiger partial charge in [0.15, 0.2) is 0 Å². The third kappa shape index (κ3) is 4.28. The third-order valence-electron chi connectivity index (χ3n) is 4.52. The molecule has 1 saturated heterocycles. The first-order valence-corrected chi connectivity index (χ1v) is 10.6. The average molecular weight is 439 g/mol. The summed E-state index contributed by atoms with van der Waals surface area (Å²) in [7, 11) is -3.76. The van der Waals surface area contributed by atoms with E-state index < -0.39 is 10.0 Å². The van der Waals surface area contributed by atoms with Crippen molar-refractivity contribution in [1.82, 2.24) is 9.29 Å². The molecule has 1 fully saturated rings. The minimum atomic E-state index is -3.76. The average Bonchev–Trinajstić information content (AvgIpc) is 2.69. The molecule has 0 saturated carbocycles. The van der Waals surface area contributed by atoms with E-state index in [1.165, 1.54) is 28.7 Å². The molecule has 1 N–H and O–H groups in total. The summed E-state index contributed by atoms with van der Waals surface area (Å²) in [5.74, 6) is -0.556. The van der Waals surface area contributed by atoms with Crippen LogP contribution in [0.15, 0.2) is 41.4 Å². The van der Waals surface area contributed by atoms with E-state index in [0.29, 0.717) is 23.6 Å². The molecule has 0 radical (unpaired) electrons. The lowest BCUT2D eigenvalue weighted by Crippen LogP contribution is -2.41. The molecular formula is C18H16Cl2N4O3S. The molecular weight excluding hydrogens is 423 g/mol. The number of amides is 1. The molecule has 0 atom stereocenters. The molecule has 7 nitrogen and oxygen atoms in total. The number of hydrogen-bond donors (Lipinski definition) is 1. The predicted molar refractivity (Wildman–Crippen MR) is 106 cm³/mol. The molecule has 28 heavy (non-hydrogen) atoms. The molecule has 0 aliphatic carbocycles. The van der Waals surface area contributed by atoms with Crippen molar-refractivity contribution in [2.45, 2.75) is 17.7 Å². The van der Waals surface area contributed by atoms with Gasteiger partial charge in [0.05, 0.1) is 10.6 Å². The zero-order valence-electron chi connectivity index (χ0n) is 14.6. The quantitative estimate of drug-likeness (QED) is 0.737. The molecule has 3 rings (SSSR count). The zero-order chi connectivity index (χ0) is 20.3. The van der Waals surface area contributed by atoms with E-state index in [9.17, 15) is 13.2 Å². The zero-order valence-corrected chi connectivity index (χ0v) is 16.9. The molecule has 2 aromatic rings. The van der Waals surface area contributed by atoms with E-state index in [2.05, 4.69) is 10.3 Å². The van der Waals surface area contributed by atoms with Crippen LogP contribution in [0.5, 0.6) is 0 Å². The molecule has 1 amide bonds. The number of carbonyl (C=O) groups excluding carboxylic acids is 1. The van der Waals surface area contributed by atoms with Crippen LogP contribution in [0.4, 0.5) is 5.69 Å². The highest BCUT2D eigenvalue weighted by Crippen LogP contribution is 2.28. The van der Waals surface area contributed by atoms with Gasteiger partial charge in [-0.3, -0.25) is 4.79 Å². The number of carbonyl (C=O) groups is 1. The minimum absolute atomic E-state index is 0.0373. The lowest BCUT2D eigenvalue weighted by molar-refractivity contribution is -0.120. The van der Waals surface area contributed by atoms with E-state index in [-0.39, 0.29) is 40.5 Å². The second kappa shape index (κ2) is 8.45. The Kier molecular flexibility index (Phi) is 6.20. The Bertz CT molecular complexity index is 1050. The second-order valence-electron chi connectivity index (χ2n) is 6.27. The number of nitrogens with zero attached hydrogens (tertiary/aromatic N) is 3. The molecule has 10 heteroatoms. The monoisotopic (exact) mass is 438 g/mol. The fraction of sp³-hybridized carbons (Fsp3) is 0.278. The Morgan fingerprint density at radius 3 is 2.61 bits per heavy atom. The van der Waals surface area contributed by atoms with E-state index in [0.717, 1.165) is 0 Å². The van der Waals surface area contributed by atoms with E-state index >= 15 is 0 Å². The summed E-state index contributed by atoms with van der Waals surface area (Å²) in [6.45, 7) is 0.408. The Labute approximate surface area is 172 Å². The van der Waals surface area contributed by atoms with Gasteiger partial charge in [0.25, 0.3) is 0 Å². The van der Waals surface area contributed by atoms with Gasteiger partial charge in [-0.25, -0.2) is 13.4 Å². The number of piperidine rings is 1. The summed E-state index contributed by atoms with van der Waals surface area (Å²) in [5, 5.41) is 12.0. The van der Waals surface area contributed by atoms with Crippen molar-refractivity contribution in [3.8, 4) is 6.07 Å². The number of pyridine rings is 1. The van der Waals surface area contributed by atoms with Gasteiger partial charge in [0.1, 0.15) is 16.1 Å². The highest BCUT2D eigenvalue weighted by molar-refractivity contribution is 7.89. The van der Waals surface area contributed by atoms with Gasteiger partial charge in [-0.15, -0.1) is 0 Å². The Morgan fingerprint density at radius 2 is 1.96 bits per heavy atom. The molecule has 2 heterocycles. The molecule has 1 aliphatic rings. The highest BCUT2D eigenvalue weighted by atomic mass is 35.5. The van der Waals surface area contributed by atoms with Crippen molar-refractivity contribution in [1.29, 1.82) is 5.26 Å². The van der Waals surface area contributed by atoms with Crippen molar-refractivity contribution in [3.63, 3.8) is 0 Å². The SMILES string of the molecule is N#Cc1cc(NC(=O)C2CCN(S(=O)(=O)c3cccnc3Cl)CC2)ccc1Cl. The van der Waals surface area contributed by atoms with Gasteiger partial charge in [-0.2, -0.15) is 9.57 Å². The van der Waals surface area contributed by atoms with Gasteiger partial charge >= 0.3 is 0 Å². The number of aromatic nitrogens is 1. The van der Waals surface area contributed by atoms with Crippen molar-refractivity contribution in [2.75, 3.05) is 18.4 Å². The van der Waals surface area contributed by atoms with Crippen molar-refractivity contribution in [3.05, 3.63) is 52.3 Å². The summed E-state index contributed by atoms with van der Waals surface area (Å²) in [4.78, 5) is 16.3. The van der Waals surface area contributed by atoms with Crippen LogP contribution in [-0.4, -0.2) is 36.7 Å². The summed E-state index contributed by atoms with van der Waals surface area (Å²) in [6, 6.07) is 9.55. The number of benzene rings is 1. The van der Waals surface area contributed by atoms with Gasteiger partial charge in [-0.1, -0.05) is 23.2 Å². The molecule has 0 bridgehead atoms. The maximum Gasteiger partial charge on any atom is 0.246 e. The van der Waals surface area contributed by atoms with Crippen LogP contribution in [0, 0.1) is 17.2 Å². The lowest BCUT2D eigenvalue weighted by atomic mass is 9.97. The minimum Gasteiger partial charge on any atom is -0.326 e. The number of rotatable bonds is 4. The first-order valence-electron chi connectivity index (χ1n) is 8.44. The Balaban J connectivity index is 1.64. The van der Waals surface area contributed by atoms with Crippen LogP contribution in [0.25, 0.3) is 0 Å². The van der Waals surface area contributed by atoms with Crippen LogP contribution < -0.4 is 5.32 Å². The molecule has 0 unspecified atom stereocenters. The number of hydrogen-bond acceptors (Lipinski definition) is 5. The van der Waals surface area contributed by atoms with Gasteiger partial charge in [0.2, 0.25) is 15.9 Å². The van der Waals surface area contributed by atoms with E-state index in [1.54, 1.807) is 12.1 Å². The molecule has 1 aromatic heterocycles. The first-order chi connectivity index (χ1) is 13.3. The highest BCUT2D eigenvalue weighted by Gasteiger charge is 2.33. The molecule has 0 spiro atoms. The van der Waals surface area contributed by atoms with Crippen molar-refractivity contribution >= 4 is 44.8 Å². The van der Waals surface area contributed by atoms with Crippen LogP contribution in [0.1, 0.15) is 18.4 Å². The summed E-state index contributed by atoms with van der Waals surface area (Å²) < 4.78 is 26.8. The standard InChI is InChI=1S/C18H16Cl2N4O3S/c19-15-4-3-14(10-13(15)11-21)23-18(25)12-5-8-24(9-6-12)28(26,27)16-2-1-7-22-17(16)20/h1-4,7,10,12H,5-6,8-9H2,(H,23,25). The molecule has 1 aromatic carbocycles. The topological polar surface area (TPSA) is 103 Å². The van der Waals surface area contributed by atoms with Crippen LogP contribution in [0.2, 0.25) is 10.2 Å². The maximum absolute atomic E-state index is 12.7. The summed E-state index contributed by atoms with van der Waals surface area (Å²) >= 11 is 11.8. The van der Waals surface area contributed by atoms with E-state index in [4.69, 9.17) is 28.5 Å². The fourth-order valence-electron chi connectivity index (χ4n) is 2.99. The molecule has 146 valence electrons. The Hall–Kier alpha value is -2.18. The molecule has 1 aliphatic heterocycles. The maximum atomic E-state index is 12.7. The Morgan fingerprint density at radius 1 is 1.25 bits per heavy atom. The lowest BCUT2D eigenvalue weighted by Gasteiger charge is -2.30. The number of halogens is 2. The number of anilines is 1. The number of sulfonamides is 1. The van der Waals surface area contributed by atoms with Crippen LogP contribution in [-0.2, 0) is 14.8 Å². The largest absolute Gasteiger partial charge is 0.326 e. The van der Waals surface area contributed by atoms with Gasteiger partial charge in [-0.05, 0) is 43.2 Å². The summed E-state index contributed by atoms with van der Waals surface area (Å²) in [6.07, 6.45) is 2.18. The van der Waals surface area contributed by atoms with Crippen molar-refractivity contribution < 1.29 is 13.2 Å². The number of nitrogens with one attached hydrogen (secondary N) is 1. The first kappa shape index (κ1) is 20.6. The van der Waals surface area contributed by atoms with E-state index in [1.807, 2.05) is 6.07 Å². The van der Waals surface area contributed by atoms with Crippen LogP contribution >= 0.6 is 23.2 Å². The third-order valence-corrected chi connectivity index (χ3v) is 7.19. The summed E-state index contributed by atoms with van der Waals surface area (Å²) in [5.41, 5.74) is 0.747.